The number of thioether (sulfide) groups is 1. The smallest absolute Gasteiger partial charge is 0.191 e. The van der Waals surface area contributed by atoms with E-state index in [1.807, 2.05) is 17.7 Å². The number of thiophene rings is 1. The Labute approximate surface area is 141 Å². The van der Waals surface area contributed by atoms with Crippen molar-refractivity contribution in [3.05, 3.63) is 62.8 Å². The number of hydrogen-bond donors (Lipinski definition) is 0. The Morgan fingerprint density at radius 1 is 1.32 bits per heavy atom. The van der Waals surface area contributed by atoms with Gasteiger partial charge in [-0.3, -0.25) is 0 Å². The van der Waals surface area contributed by atoms with Gasteiger partial charge in [-0.05, 0) is 29.1 Å². The maximum absolute atomic E-state index is 13.0. The van der Waals surface area contributed by atoms with Crippen LogP contribution in [0.3, 0.4) is 0 Å². The van der Waals surface area contributed by atoms with E-state index in [0.29, 0.717) is 10.8 Å². The molecule has 0 aliphatic heterocycles. The van der Waals surface area contributed by atoms with Gasteiger partial charge >= 0.3 is 0 Å². The summed E-state index contributed by atoms with van der Waals surface area (Å²) in [4.78, 5) is 1.26. The molecule has 114 valence electrons. The molecule has 0 saturated heterocycles. The standard InChI is InChI=1S/C15H13ClFN3S2/c1-20-14(8-12-3-2-6-21-12)18-19-15(20)22-9-10-4-5-11(17)7-13(10)16/h2-7H,8-9H2,1H3. The predicted molar refractivity (Wildman–Crippen MR) is 89.1 cm³/mol. The van der Waals surface area contributed by atoms with Crippen LogP contribution in [0.5, 0.6) is 0 Å². The quantitative estimate of drug-likeness (QED) is 0.630. The Hall–Kier alpha value is -1.37. The normalized spacial score (nSPS) is 11.0. The summed E-state index contributed by atoms with van der Waals surface area (Å²) in [6, 6.07) is 8.57. The van der Waals surface area contributed by atoms with E-state index in [9.17, 15) is 4.39 Å². The van der Waals surface area contributed by atoms with Gasteiger partial charge in [0.2, 0.25) is 0 Å². The van der Waals surface area contributed by atoms with Crippen molar-refractivity contribution in [2.75, 3.05) is 0 Å². The Morgan fingerprint density at radius 2 is 2.18 bits per heavy atom. The first-order valence-corrected chi connectivity index (χ1v) is 8.85. The third kappa shape index (κ3) is 3.51. The van der Waals surface area contributed by atoms with Gasteiger partial charge < -0.3 is 4.57 Å². The second-order valence-electron chi connectivity index (χ2n) is 4.74. The summed E-state index contributed by atoms with van der Waals surface area (Å²) >= 11 is 9.29. The second kappa shape index (κ2) is 6.81. The minimum Gasteiger partial charge on any atom is -0.309 e. The lowest BCUT2D eigenvalue weighted by Gasteiger charge is -2.05. The number of nitrogens with zero attached hydrogens (tertiary/aromatic N) is 3. The van der Waals surface area contributed by atoms with Crippen molar-refractivity contribution in [3.63, 3.8) is 0 Å². The van der Waals surface area contributed by atoms with Crippen molar-refractivity contribution in [2.45, 2.75) is 17.3 Å². The number of hydrogen-bond acceptors (Lipinski definition) is 4. The first-order valence-electron chi connectivity index (χ1n) is 6.61. The van der Waals surface area contributed by atoms with E-state index in [4.69, 9.17) is 11.6 Å². The highest BCUT2D eigenvalue weighted by Gasteiger charge is 2.11. The zero-order chi connectivity index (χ0) is 15.5. The van der Waals surface area contributed by atoms with Crippen LogP contribution in [0.2, 0.25) is 5.02 Å². The van der Waals surface area contributed by atoms with Crippen LogP contribution < -0.4 is 0 Å². The van der Waals surface area contributed by atoms with E-state index in [2.05, 4.69) is 21.6 Å². The topological polar surface area (TPSA) is 30.7 Å². The van der Waals surface area contributed by atoms with Crippen LogP contribution in [0, 0.1) is 5.82 Å². The van der Waals surface area contributed by atoms with Crippen molar-refractivity contribution in [2.24, 2.45) is 7.05 Å². The van der Waals surface area contributed by atoms with Crippen LogP contribution in [-0.2, 0) is 19.2 Å². The largest absolute Gasteiger partial charge is 0.309 e. The first-order chi connectivity index (χ1) is 10.6. The molecular weight excluding hydrogens is 341 g/mol. The van der Waals surface area contributed by atoms with E-state index in [0.717, 1.165) is 23.0 Å². The number of aromatic nitrogens is 3. The number of benzene rings is 1. The van der Waals surface area contributed by atoms with Gasteiger partial charge in [0.15, 0.2) is 5.16 Å². The van der Waals surface area contributed by atoms with Gasteiger partial charge in [0.05, 0.1) is 0 Å². The molecule has 22 heavy (non-hydrogen) atoms. The Morgan fingerprint density at radius 3 is 2.91 bits per heavy atom. The maximum Gasteiger partial charge on any atom is 0.191 e. The van der Waals surface area contributed by atoms with Crippen LogP contribution >= 0.6 is 34.7 Å². The molecule has 1 aromatic carbocycles. The molecule has 0 N–H and O–H groups in total. The monoisotopic (exact) mass is 353 g/mol. The van der Waals surface area contributed by atoms with Crippen molar-refractivity contribution in [3.8, 4) is 0 Å². The van der Waals surface area contributed by atoms with E-state index in [1.165, 1.54) is 28.8 Å². The van der Waals surface area contributed by atoms with Crippen LogP contribution in [-0.4, -0.2) is 14.8 Å². The van der Waals surface area contributed by atoms with E-state index in [1.54, 1.807) is 17.4 Å². The van der Waals surface area contributed by atoms with Crippen LogP contribution in [0.25, 0.3) is 0 Å². The summed E-state index contributed by atoms with van der Waals surface area (Å²) in [5.74, 6) is 1.23. The van der Waals surface area contributed by atoms with Crippen molar-refractivity contribution in [1.82, 2.24) is 14.8 Å². The fourth-order valence-corrected chi connectivity index (χ4v) is 3.92. The Balaban J connectivity index is 1.69. The lowest BCUT2D eigenvalue weighted by atomic mass is 10.2. The van der Waals surface area contributed by atoms with Gasteiger partial charge in [-0.15, -0.1) is 21.5 Å². The Bertz CT molecular complexity index is 771. The molecule has 0 saturated carbocycles. The van der Waals surface area contributed by atoms with E-state index >= 15 is 0 Å². The van der Waals surface area contributed by atoms with Crippen molar-refractivity contribution >= 4 is 34.7 Å². The summed E-state index contributed by atoms with van der Waals surface area (Å²) < 4.78 is 15.0. The zero-order valence-electron chi connectivity index (χ0n) is 11.8. The molecule has 3 aromatic rings. The van der Waals surface area contributed by atoms with Gasteiger partial charge in [0.25, 0.3) is 0 Å². The molecule has 0 atom stereocenters. The molecule has 3 nitrogen and oxygen atoms in total. The summed E-state index contributed by atoms with van der Waals surface area (Å²) in [6.07, 6.45) is 0.777. The molecule has 0 bridgehead atoms. The molecule has 7 heteroatoms. The molecule has 0 amide bonds. The molecular formula is C15H13ClFN3S2. The summed E-state index contributed by atoms with van der Waals surface area (Å²) in [5.41, 5.74) is 0.885. The van der Waals surface area contributed by atoms with Crippen LogP contribution in [0.4, 0.5) is 4.39 Å². The van der Waals surface area contributed by atoms with E-state index < -0.39 is 0 Å². The van der Waals surface area contributed by atoms with Gasteiger partial charge in [-0.2, -0.15) is 0 Å². The fourth-order valence-electron chi connectivity index (χ4n) is 1.97. The number of halogens is 2. The third-order valence-electron chi connectivity index (χ3n) is 3.21. The predicted octanol–water partition coefficient (Wildman–Crippen LogP) is 4.55. The minimum absolute atomic E-state index is 0.323. The molecule has 0 spiro atoms. The maximum atomic E-state index is 13.0. The third-order valence-corrected chi connectivity index (χ3v) is 5.51. The lowest BCUT2D eigenvalue weighted by molar-refractivity contribution is 0.627. The van der Waals surface area contributed by atoms with Crippen molar-refractivity contribution in [1.29, 1.82) is 0 Å². The van der Waals surface area contributed by atoms with Crippen molar-refractivity contribution < 1.29 is 4.39 Å². The molecule has 2 aromatic heterocycles. The first kappa shape index (κ1) is 15.5. The van der Waals surface area contributed by atoms with Gasteiger partial charge in [-0.25, -0.2) is 4.39 Å². The number of rotatable bonds is 5. The molecule has 3 rings (SSSR count). The van der Waals surface area contributed by atoms with Crippen LogP contribution in [0.15, 0.2) is 40.9 Å². The van der Waals surface area contributed by atoms with Crippen LogP contribution in [0.1, 0.15) is 16.3 Å². The molecule has 0 fully saturated rings. The summed E-state index contributed by atoms with van der Waals surface area (Å²) in [7, 11) is 1.96. The highest BCUT2D eigenvalue weighted by molar-refractivity contribution is 7.98. The average molecular weight is 354 g/mol. The highest BCUT2D eigenvalue weighted by Crippen LogP contribution is 2.26. The molecule has 0 radical (unpaired) electrons. The molecule has 0 aliphatic rings. The zero-order valence-corrected chi connectivity index (χ0v) is 14.2. The highest BCUT2D eigenvalue weighted by atomic mass is 35.5. The summed E-state index contributed by atoms with van der Waals surface area (Å²) in [6.45, 7) is 0. The molecule has 0 aliphatic carbocycles. The van der Waals surface area contributed by atoms with Gasteiger partial charge in [0, 0.05) is 29.1 Å². The van der Waals surface area contributed by atoms with E-state index in [-0.39, 0.29) is 5.82 Å². The molecule has 0 unspecified atom stereocenters. The second-order valence-corrected chi connectivity index (χ2v) is 7.12. The fraction of sp³-hybridized carbons (Fsp3) is 0.200. The Kier molecular flexibility index (Phi) is 4.81. The van der Waals surface area contributed by atoms with Gasteiger partial charge in [0.1, 0.15) is 11.6 Å². The lowest BCUT2D eigenvalue weighted by Crippen LogP contribution is -1.99. The minimum atomic E-state index is -0.323. The van der Waals surface area contributed by atoms with Gasteiger partial charge in [-0.1, -0.05) is 35.5 Å². The summed E-state index contributed by atoms with van der Waals surface area (Å²) in [5, 5.41) is 11.8. The molecule has 2 heterocycles. The SMILES string of the molecule is Cn1c(Cc2cccs2)nnc1SCc1ccc(F)cc1Cl. The average Bonchev–Trinajstić information content (AvgIpc) is 3.11.